The van der Waals surface area contributed by atoms with Crippen molar-refractivity contribution in [2.75, 3.05) is 31.5 Å². The summed E-state index contributed by atoms with van der Waals surface area (Å²) < 4.78 is 54.8. The van der Waals surface area contributed by atoms with E-state index in [0.717, 1.165) is 5.39 Å². The zero-order valence-electron chi connectivity index (χ0n) is 26.3. The summed E-state index contributed by atoms with van der Waals surface area (Å²) in [6.45, 7) is 5.81. The molecule has 0 saturated carbocycles. The zero-order valence-corrected chi connectivity index (χ0v) is 27.9. The van der Waals surface area contributed by atoms with Crippen molar-refractivity contribution in [2.24, 2.45) is 0 Å². The fraction of sp³-hybridized carbons (Fsp3) is 0.467. The van der Waals surface area contributed by atoms with Crippen LogP contribution in [0.2, 0.25) is 0 Å². The van der Waals surface area contributed by atoms with Gasteiger partial charge in [0.25, 0.3) is 0 Å². The molecule has 1 fully saturated rings. The number of nitrogens with zero attached hydrogens (tertiary/aromatic N) is 5. The number of carbonyl (C=O) groups excluding carboxylic acids is 1. The first-order chi connectivity index (χ1) is 21.8. The molecule has 1 aliphatic rings. The van der Waals surface area contributed by atoms with Crippen LogP contribution in [0, 0.1) is 6.92 Å². The minimum atomic E-state index is -4.46. The van der Waals surface area contributed by atoms with Gasteiger partial charge < -0.3 is 24.0 Å². The minimum absolute atomic E-state index is 0.198. The first-order valence-corrected chi connectivity index (χ1v) is 16.7. The molecule has 1 aliphatic heterocycles. The third-order valence-corrected chi connectivity index (χ3v) is 9.47. The number of esters is 1. The lowest BCUT2D eigenvalue weighted by atomic mass is 9.99. The smallest absolute Gasteiger partial charge is 0.459 e. The Morgan fingerprint density at radius 1 is 1.22 bits per heavy atom. The lowest BCUT2D eigenvalue weighted by molar-refractivity contribution is -0.149. The lowest BCUT2D eigenvalue weighted by Gasteiger charge is -2.31. The molecule has 13 nitrogen and oxygen atoms in total. The molecule has 4 aromatic rings. The summed E-state index contributed by atoms with van der Waals surface area (Å²) in [4.78, 5) is 27.6. The van der Waals surface area contributed by atoms with Crippen molar-refractivity contribution in [1.82, 2.24) is 24.6 Å². The van der Waals surface area contributed by atoms with Crippen LogP contribution >= 0.6 is 19.3 Å². The number of ether oxygens (including phenoxy) is 2. The zero-order chi connectivity index (χ0) is 33.4. The van der Waals surface area contributed by atoms with Gasteiger partial charge in [0.1, 0.15) is 29.3 Å². The number of nitrogens with one attached hydrogen (secondary N) is 1. The van der Waals surface area contributed by atoms with Gasteiger partial charge in [0.15, 0.2) is 29.4 Å². The first kappa shape index (κ1) is 34.0. The molecule has 0 radical (unpaired) electrons. The maximum absolute atomic E-state index is 15.9. The monoisotopic (exact) mass is 678 g/mol. The number of hydrogen-bond acceptors (Lipinski definition) is 11. The van der Waals surface area contributed by atoms with E-state index in [4.69, 9.17) is 30.1 Å². The highest BCUT2D eigenvalue weighted by atomic mass is 35.5. The number of fused-ring (bicyclic) bond motifs is 2. The Balaban J connectivity index is 1.46. The van der Waals surface area contributed by atoms with Crippen molar-refractivity contribution >= 4 is 53.1 Å². The van der Waals surface area contributed by atoms with Gasteiger partial charge in [-0.1, -0.05) is 36.4 Å². The van der Waals surface area contributed by atoms with Crippen LogP contribution in [0.25, 0.3) is 21.9 Å². The molecular weight excluding hydrogens is 642 g/mol. The molecule has 2 aromatic heterocycles. The fourth-order valence-corrected chi connectivity index (χ4v) is 6.98. The average Bonchev–Trinajstić information content (AvgIpc) is 3.53. The van der Waals surface area contributed by atoms with Crippen molar-refractivity contribution in [3.05, 3.63) is 54.6 Å². The number of aryl methyl sites for hydroxylation is 1. The number of aromatic nitrogens is 4. The first-order valence-electron chi connectivity index (χ1n) is 14.6. The van der Waals surface area contributed by atoms with E-state index >= 15 is 4.39 Å². The van der Waals surface area contributed by atoms with Crippen molar-refractivity contribution in [2.45, 2.75) is 63.9 Å². The molecule has 3 heterocycles. The van der Waals surface area contributed by atoms with E-state index in [2.05, 4.69) is 20.0 Å². The van der Waals surface area contributed by atoms with Crippen molar-refractivity contribution in [1.29, 1.82) is 0 Å². The fourth-order valence-electron chi connectivity index (χ4n) is 5.12. The summed E-state index contributed by atoms with van der Waals surface area (Å²) in [5.41, 5.74) is -1.21. The third kappa shape index (κ3) is 6.69. The second kappa shape index (κ2) is 13.4. The normalized spacial score (nSPS) is 23.5. The molecule has 16 heteroatoms. The van der Waals surface area contributed by atoms with Crippen LogP contribution < -0.4 is 14.5 Å². The molecule has 0 amide bonds. The summed E-state index contributed by atoms with van der Waals surface area (Å²) in [6, 6.07) is 11.3. The molecule has 0 spiro atoms. The quantitative estimate of drug-likeness (QED) is 0.122. The molecule has 248 valence electrons. The Labute approximate surface area is 270 Å². The van der Waals surface area contributed by atoms with E-state index in [-0.39, 0.29) is 11.4 Å². The summed E-state index contributed by atoms with van der Waals surface area (Å²) in [5.74, 6) is -0.0151. The van der Waals surface area contributed by atoms with Crippen LogP contribution in [0.4, 0.5) is 10.2 Å². The summed E-state index contributed by atoms with van der Waals surface area (Å²) in [5, 5.41) is 15.2. The Kier molecular flexibility index (Phi) is 9.88. The number of hydrogen-bond donors (Lipinski definition) is 2. The second-order valence-electron chi connectivity index (χ2n) is 11.6. The van der Waals surface area contributed by atoms with Gasteiger partial charge in [0.05, 0.1) is 24.9 Å². The lowest BCUT2D eigenvalue weighted by Crippen LogP contribution is -2.48. The predicted molar refractivity (Wildman–Crippen MR) is 171 cm³/mol. The molecule has 2 aromatic carbocycles. The van der Waals surface area contributed by atoms with Crippen LogP contribution in [-0.4, -0.2) is 87.2 Å². The summed E-state index contributed by atoms with van der Waals surface area (Å²) in [7, 11) is -0.882. The largest absolute Gasteiger partial charge is 0.462 e. The predicted octanol–water partition coefficient (Wildman–Crippen LogP) is 4.69. The van der Waals surface area contributed by atoms with Gasteiger partial charge >= 0.3 is 13.7 Å². The van der Waals surface area contributed by atoms with E-state index < -0.39 is 62.5 Å². The van der Waals surface area contributed by atoms with E-state index in [1.54, 1.807) is 64.0 Å². The molecule has 0 unspecified atom stereocenters. The Morgan fingerprint density at radius 3 is 2.63 bits per heavy atom. The van der Waals surface area contributed by atoms with Gasteiger partial charge in [-0.15, -0.1) is 11.6 Å². The Hall–Kier alpha value is -3.39. The van der Waals surface area contributed by atoms with E-state index in [9.17, 15) is 14.5 Å². The van der Waals surface area contributed by atoms with Crippen LogP contribution in [0.3, 0.4) is 0 Å². The van der Waals surface area contributed by atoms with Gasteiger partial charge in [-0.25, -0.2) is 23.9 Å². The summed E-state index contributed by atoms with van der Waals surface area (Å²) >= 11 is 6.33. The maximum atomic E-state index is 15.9. The van der Waals surface area contributed by atoms with Crippen molar-refractivity contribution < 1.29 is 37.4 Å². The highest BCUT2D eigenvalue weighted by molar-refractivity contribution is 7.52. The number of benzene rings is 2. The standard InChI is InChI=1S/C30H37ClFN6O7P/c1-17(2)43-29(40)18(3)36-46(41,45-22-13-9-11-20-10-7-8-12-21(20)22)42-15-30(14-31)25(39)23(32)28(44-30)38-16-33-24-26(37(5)6)34-19(4)35-27(24)38/h7-13,16-18,23,25,28,39H,14-15H2,1-6H3,(H,36,41)/t18-,23+,25+,28-,30-,46+/m1/s1. The van der Waals surface area contributed by atoms with E-state index in [1.807, 2.05) is 18.2 Å². The summed E-state index contributed by atoms with van der Waals surface area (Å²) in [6.07, 6.45) is -4.34. The SMILES string of the molecule is Cc1nc(N(C)C)c2ncn([C@@H]3O[C@](CCl)(CO[P@@](=O)(N[C@H](C)C(=O)OC(C)C)Oc4cccc5ccccc45)[C@@H](O)[C@@H]3F)c2n1. The van der Waals surface area contributed by atoms with Crippen LogP contribution in [0.1, 0.15) is 32.8 Å². The Morgan fingerprint density at radius 2 is 1.93 bits per heavy atom. The number of rotatable bonds is 12. The highest BCUT2D eigenvalue weighted by Gasteiger charge is 2.57. The van der Waals surface area contributed by atoms with Gasteiger partial charge in [-0.2, -0.15) is 5.09 Å². The van der Waals surface area contributed by atoms with Gasteiger partial charge in [-0.3, -0.25) is 13.9 Å². The number of alkyl halides is 2. The number of halogens is 2. The van der Waals surface area contributed by atoms with Crippen LogP contribution in [0.15, 0.2) is 48.8 Å². The van der Waals surface area contributed by atoms with E-state index in [1.165, 1.54) is 17.8 Å². The van der Waals surface area contributed by atoms with Gasteiger partial charge in [-0.05, 0) is 39.1 Å². The minimum Gasteiger partial charge on any atom is -0.462 e. The van der Waals surface area contributed by atoms with Gasteiger partial charge in [0, 0.05) is 19.5 Å². The topological polar surface area (TPSA) is 150 Å². The highest BCUT2D eigenvalue weighted by Crippen LogP contribution is 2.50. The molecular formula is C30H37ClFN6O7P. The molecule has 5 rings (SSSR count). The molecule has 46 heavy (non-hydrogen) atoms. The van der Waals surface area contributed by atoms with Crippen molar-refractivity contribution in [3.63, 3.8) is 0 Å². The number of aliphatic hydroxyl groups excluding tert-OH is 1. The second-order valence-corrected chi connectivity index (χ2v) is 13.5. The van der Waals surface area contributed by atoms with Crippen LogP contribution in [-0.2, 0) is 23.4 Å². The molecule has 0 bridgehead atoms. The van der Waals surface area contributed by atoms with E-state index in [0.29, 0.717) is 22.5 Å². The molecule has 6 atom stereocenters. The number of carbonyl (C=O) groups is 1. The Bertz CT molecular complexity index is 1770. The molecule has 1 saturated heterocycles. The average molecular weight is 679 g/mol. The molecule has 2 N–H and O–H groups in total. The number of aliphatic hydroxyl groups is 1. The maximum Gasteiger partial charge on any atom is 0.459 e. The van der Waals surface area contributed by atoms with Crippen LogP contribution in [0.5, 0.6) is 5.75 Å². The van der Waals surface area contributed by atoms with Gasteiger partial charge in [0.2, 0.25) is 0 Å². The molecule has 0 aliphatic carbocycles. The number of anilines is 1. The van der Waals surface area contributed by atoms with Crippen molar-refractivity contribution in [3.8, 4) is 5.75 Å². The number of imidazole rings is 1. The third-order valence-electron chi connectivity index (χ3n) is 7.41.